The lowest BCUT2D eigenvalue weighted by Crippen LogP contribution is -2.32. The lowest BCUT2D eigenvalue weighted by atomic mass is 10.2. The van der Waals surface area contributed by atoms with Crippen molar-refractivity contribution in [2.45, 2.75) is 12.5 Å². The molecular formula is C10H19ClN4. The van der Waals surface area contributed by atoms with Crippen molar-refractivity contribution in [3.05, 3.63) is 23.1 Å². The van der Waals surface area contributed by atoms with Crippen LogP contribution >= 0.6 is 11.6 Å². The van der Waals surface area contributed by atoms with E-state index in [2.05, 4.69) is 23.9 Å². The highest BCUT2D eigenvalue weighted by Crippen LogP contribution is 2.15. The van der Waals surface area contributed by atoms with Gasteiger partial charge in [-0.2, -0.15) is 0 Å². The smallest absolute Gasteiger partial charge is 0.0993 e. The van der Waals surface area contributed by atoms with Gasteiger partial charge in [0.05, 0.1) is 11.0 Å². The first-order chi connectivity index (χ1) is 7.00. The fraction of sp³-hybridized carbons (Fsp3) is 0.600. The molecule has 0 aliphatic carbocycles. The van der Waals surface area contributed by atoms with Gasteiger partial charge < -0.3 is 21.3 Å². The highest BCUT2D eigenvalue weighted by molar-refractivity contribution is 6.29. The second-order valence-electron chi connectivity index (χ2n) is 4.00. The van der Waals surface area contributed by atoms with Crippen LogP contribution < -0.4 is 11.5 Å². The number of likely N-dealkylation sites (tertiary alicyclic amines) is 1. The first-order valence-corrected chi connectivity index (χ1v) is 5.38. The number of halogens is 1. The lowest BCUT2D eigenvalue weighted by molar-refractivity contribution is 0.290. The number of nitrogens with two attached hydrogens (primary N) is 2. The molecule has 0 amide bonds. The molecule has 5 heteroatoms. The van der Waals surface area contributed by atoms with E-state index in [9.17, 15) is 0 Å². The maximum atomic E-state index is 5.90. The Balaban J connectivity index is 2.53. The second-order valence-corrected chi connectivity index (χ2v) is 4.43. The third-order valence-corrected chi connectivity index (χ3v) is 2.80. The zero-order valence-corrected chi connectivity index (χ0v) is 10.0. The summed E-state index contributed by atoms with van der Waals surface area (Å²) in [5, 5.41) is 0.251. The summed E-state index contributed by atoms with van der Waals surface area (Å²) in [6.45, 7) is 1.95. The van der Waals surface area contributed by atoms with Crippen molar-refractivity contribution in [1.29, 1.82) is 0 Å². The second kappa shape index (κ2) is 5.28. The minimum absolute atomic E-state index is 0.251. The van der Waals surface area contributed by atoms with Crippen molar-refractivity contribution in [2.75, 3.05) is 27.2 Å². The lowest BCUT2D eigenvalue weighted by Gasteiger charge is -2.21. The quantitative estimate of drug-likeness (QED) is 0.547. The molecule has 0 saturated carbocycles. The van der Waals surface area contributed by atoms with Crippen molar-refractivity contribution in [3.63, 3.8) is 0 Å². The number of likely N-dealkylation sites (N-methyl/N-ethyl adjacent to an activating group) is 1. The van der Waals surface area contributed by atoms with E-state index in [0.717, 1.165) is 25.3 Å². The third-order valence-electron chi connectivity index (χ3n) is 2.67. The maximum absolute atomic E-state index is 5.90. The van der Waals surface area contributed by atoms with Crippen molar-refractivity contribution in [1.82, 2.24) is 9.80 Å². The van der Waals surface area contributed by atoms with Crippen LogP contribution in [0.5, 0.6) is 0 Å². The molecular weight excluding hydrogens is 212 g/mol. The summed E-state index contributed by atoms with van der Waals surface area (Å²) in [7, 11) is 4.18. The topological polar surface area (TPSA) is 58.5 Å². The Labute approximate surface area is 96.1 Å². The van der Waals surface area contributed by atoms with Gasteiger partial charge in [-0.3, -0.25) is 0 Å². The summed E-state index contributed by atoms with van der Waals surface area (Å²) < 4.78 is 0. The Morgan fingerprint density at radius 1 is 1.40 bits per heavy atom. The molecule has 86 valence electrons. The SMILES string of the molecule is CN(C)C1CCN(/C(N)=C/C=C(\N)Cl)C1. The van der Waals surface area contributed by atoms with E-state index >= 15 is 0 Å². The molecule has 1 heterocycles. The summed E-state index contributed by atoms with van der Waals surface area (Å²) in [5.41, 5.74) is 11.2. The summed E-state index contributed by atoms with van der Waals surface area (Å²) in [6, 6.07) is 0.578. The van der Waals surface area contributed by atoms with Crippen molar-refractivity contribution in [3.8, 4) is 0 Å². The molecule has 15 heavy (non-hydrogen) atoms. The minimum atomic E-state index is 0.251. The minimum Gasteiger partial charge on any atom is -0.389 e. The van der Waals surface area contributed by atoms with E-state index in [-0.39, 0.29) is 5.16 Å². The first-order valence-electron chi connectivity index (χ1n) is 5.00. The molecule has 0 radical (unpaired) electrons. The number of allylic oxidation sites excluding steroid dienone is 2. The number of hydrogen-bond acceptors (Lipinski definition) is 4. The first kappa shape index (κ1) is 12.2. The molecule has 4 nitrogen and oxygen atoms in total. The van der Waals surface area contributed by atoms with Gasteiger partial charge in [-0.05, 0) is 32.7 Å². The van der Waals surface area contributed by atoms with E-state index < -0.39 is 0 Å². The van der Waals surface area contributed by atoms with Gasteiger partial charge in [0.2, 0.25) is 0 Å². The van der Waals surface area contributed by atoms with Gasteiger partial charge in [0.25, 0.3) is 0 Å². The van der Waals surface area contributed by atoms with Crippen molar-refractivity contribution < 1.29 is 0 Å². The van der Waals surface area contributed by atoms with E-state index in [1.807, 2.05) is 0 Å². The molecule has 0 aromatic rings. The Bertz CT molecular complexity index is 269. The average Bonchev–Trinajstić information content (AvgIpc) is 2.62. The summed E-state index contributed by atoms with van der Waals surface area (Å²) >= 11 is 5.52. The number of hydrogen-bond donors (Lipinski definition) is 2. The molecule has 1 fully saturated rings. The van der Waals surface area contributed by atoms with Crippen LogP contribution in [-0.4, -0.2) is 43.0 Å². The molecule has 1 aliphatic rings. The average molecular weight is 231 g/mol. The Kier molecular flexibility index (Phi) is 4.29. The highest BCUT2D eigenvalue weighted by atomic mass is 35.5. The molecule has 1 saturated heterocycles. The van der Waals surface area contributed by atoms with Crippen LogP contribution in [0.4, 0.5) is 0 Å². The Hall–Kier alpha value is -0.870. The van der Waals surface area contributed by atoms with Crippen LogP contribution in [0.3, 0.4) is 0 Å². The van der Waals surface area contributed by atoms with Gasteiger partial charge in [0.15, 0.2) is 0 Å². The largest absolute Gasteiger partial charge is 0.389 e. The van der Waals surface area contributed by atoms with Gasteiger partial charge in [-0.25, -0.2) is 0 Å². The molecule has 1 rings (SSSR count). The van der Waals surface area contributed by atoms with Crippen molar-refractivity contribution >= 4 is 11.6 Å². The number of nitrogens with zero attached hydrogens (tertiary/aromatic N) is 2. The van der Waals surface area contributed by atoms with Crippen LogP contribution in [-0.2, 0) is 0 Å². The molecule has 4 N–H and O–H groups in total. The Morgan fingerprint density at radius 2 is 2.07 bits per heavy atom. The monoisotopic (exact) mass is 230 g/mol. The maximum Gasteiger partial charge on any atom is 0.0993 e. The molecule has 0 aromatic heterocycles. The molecule has 1 unspecified atom stereocenters. The van der Waals surface area contributed by atoms with E-state index in [1.165, 1.54) is 0 Å². The van der Waals surface area contributed by atoms with Crippen LogP contribution in [0.25, 0.3) is 0 Å². The third kappa shape index (κ3) is 3.64. The molecule has 0 bridgehead atoms. The van der Waals surface area contributed by atoms with E-state index in [0.29, 0.717) is 6.04 Å². The van der Waals surface area contributed by atoms with Gasteiger partial charge in [0, 0.05) is 19.1 Å². The molecule has 0 aromatic carbocycles. The summed E-state index contributed by atoms with van der Waals surface area (Å²) in [5.74, 6) is 0.725. The molecule has 1 atom stereocenters. The zero-order valence-electron chi connectivity index (χ0n) is 9.28. The van der Waals surface area contributed by atoms with E-state index in [1.54, 1.807) is 12.2 Å². The fourth-order valence-corrected chi connectivity index (χ4v) is 1.73. The van der Waals surface area contributed by atoms with Crippen LogP contribution in [0.15, 0.2) is 23.1 Å². The highest BCUT2D eigenvalue weighted by Gasteiger charge is 2.23. The summed E-state index contributed by atoms with van der Waals surface area (Å²) in [4.78, 5) is 4.36. The van der Waals surface area contributed by atoms with Gasteiger partial charge in [-0.15, -0.1) is 0 Å². The standard InChI is InChI=1S/C10H19ClN4/c1-14(2)8-5-6-15(7-8)10(13)4-3-9(11)12/h3-4,8H,5-7,12-13H2,1-2H3/b9-3-,10-4+. The van der Waals surface area contributed by atoms with Crippen molar-refractivity contribution in [2.24, 2.45) is 11.5 Å². The number of rotatable bonds is 3. The van der Waals surface area contributed by atoms with Gasteiger partial charge >= 0.3 is 0 Å². The van der Waals surface area contributed by atoms with Crippen LogP contribution in [0, 0.1) is 0 Å². The molecule has 0 spiro atoms. The van der Waals surface area contributed by atoms with E-state index in [4.69, 9.17) is 23.1 Å². The zero-order chi connectivity index (χ0) is 11.4. The Morgan fingerprint density at radius 3 is 2.53 bits per heavy atom. The van der Waals surface area contributed by atoms with Gasteiger partial charge in [-0.1, -0.05) is 11.6 Å². The van der Waals surface area contributed by atoms with Crippen LogP contribution in [0.2, 0.25) is 0 Å². The predicted molar refractivity (Wildman–Crippen MR) is 64.1 cm³/mol. The van der Waals surface area contributed by atoms with Gasteiger partial charge in [0.1, 0.15) is 0 Å². The molecule has 1 aliphatic heterocycles. The normalized spacial score (nSPS) is 24.0. The fourth-order valence-electron chi connectivity index (χ4n) is 1.67. The van der Waals surface area contributed by atoms with Crippen LogP contribution in [0.1, 0.15) is 6.42 Å². The summed E-state index contributed by atoms with van der Waals surface area (Å²) in [6.07, 6.45) is 4.50. The predicted octanol–water partition coefficient (Wildman–Crippen LogP) is 0.461.